The van der Waals surface area contributed by atoms with Crippen molar-refractivity contribution >= 4 is 17.9 Å². The molecule has 1 aliphatic rings. The summed E-state index contributed by atoms with van der Waals surface area (Å²) >= 11 is 0. The van der Waals surface area contributed by atoms with Crippen molar-refractivity contribution in [3.8, 4) is 0 Å². The number of aliphatic carboxylic acids is 3. The molecule has 0 bridgehead atoms. The number of hydrogen-bond donors (Lipinski definition) is 8. The molecule has 1 rings (SSSR count). The molecule has 0 aliphatic carbocycles. The molecule has 12 nitrogen and oxygen atoms in total. The molecule has 0 radical (unpaired) electrons. The summed E-state index contributed by atoms with van der Waals surface area (Å²) in [5.41, 5.74) is 5.96. The Balaban J connectivity index is 0. The van der Waals surface area contributed by atoms with Crippen LogP contribution in [0.5, 0.6) is 0 Å². The summed E-state index contributed by atoms with van der Waals surface area (Å²) in [5.74, 6) is -2.81. The predicted molar refractivity (Wildman–Crippen MR) is 191 cm³/mol. The van der Waals surface area contributed by atoms with E-state index in [1.807, 2.05) is 0 Å². The topological polar surface area (TPSA) is 189 Å². The molecule has 1 aliphatic heterocycles. The zero-order valence-corrected chi connectivity index (χ0v) is 32.2. The number of nitrogens with one attached hydrogen (secondary N) is 4. The van der Waals surface area contributed by atoms with Crippen LogP contribution in [0.1, 0.15) is 122 Å². The Morgan fingerprint density at radius 3 is 1.50 bits per heavy atom. The Hall–Kier alpha value is -0.635. The van der Waals surface area contributed by atoms with E-state index in [9.17, 15) is 19.8 Å². The van der Waals surface area contributed by atoms with Crippen LogP contribution in [0, 0.1) is 46.9 Å². The maximum atomic E-state index is 11.5. The summed E-state index contributed by atoms with van der Waals surface area (Å²) in [6, 6.07) is -0.355. The van der Waals surface area contributed by atoms with Crippen molar-refractivity contribution in [2.75, 3.05) is 58.9 Å². The average molecular weight is 829 g/mol. The number of hydrogen-bond acceptors (Lipinski definition) is 9. The van der Waals surface area contributed by atoms with Crippen molar-refractivity contribution in [1.29, 1.82) is 0 Å². The predicted octanol–water partition coefficient (Wildman–Crippen LogP) is 3.84. The molecule has 0 aromatic heterocycles. The minimum Gasteiger partial charge on any atom is -0.503 e. The number of carboxylic acids is 3. The second-order valence-electron chi connectivity index (χ2n) is 13.0. The first-order valence-corrected chi connectivity index (χ1v) is 18.5. The molecule has 13 heteroatoms. The number of nitrogens with two attached hydrogens (primary N) is 1. The van der Waals surface area contributed by atoms with Gasteiger partial charge in [-0.15, -0.1) is 0 Å². The molecule has 9 N–H and O–H groups in total. The van der Waals surface area contributed by atoms with Crippen molar-refractivity contribution in [2.24, 2.45) is 5.73 Å². The van der Waals surface area contributed by atoms with Crippen LogP contribution in [-0.2, 0) is 14.4 Å². The SMILES string of the molecule is CCCCCCCCCCCCCCCCCCN(CCN)CC1CNC(CC(=O)O)CNC(CC(=O)O)CNCCN1.[CH2-]C(=O)O.[Gd]. The Morgan fingerprint density at radius 1 is 0.646 bits per heavy atom. The largest absolute Gasteiger partial charge is 0.503 e. The van der Waals surface area contributed by atoms with E-state index >= 15 is 0 Å². The Labute approximate surface area is 323 Å². The molecule has 0 amide bonds. The van der Waals surface area contributed by atoms with Crippen LogP contribution in [0.25, 0.3) is 0 Å². The zero-order chi connectivity index (χ0) is 35.0. The molecular formula is C35H71GdN6O6-. The normalized spacial score (nSPS) is 18.9. The number of carbonyl (C=O) groups is 3. The maximum absolute atomic E-state index is 11.5. The van der Waals surface area contributed by atoms with Crippen LogP contribution in [0.4, 0.5) is 0 Å². The van der Waals surface area contributed by atoms with Crippen LogP contribution in [0.15, 0.2) is 0 Å². The van der Waals surface area contributed by atoms with Gasteiger partial charge in [-0.05, 0) is 13.0 Å². The molecule has 1 fully saturated rings. The van der Waals surface area contributed by atoms with Gasteiger partial charge in [-0.25, -0.2) is 0 Å². The van der Waals surface area contributed by atoms with E-state index in [0.717, 1.165) is 32.7 Å². The van der Waals surface area contributed by atoms with Crippen LogP contribution >= 0.6 is 0 Å². The van der Waals surface area contributed by atoms with Crippen molar-refractivity contribution < 1.29 is 69.6 Å². The molecule has 3 unspecified atom stereocenters. The summed E-state index contributed by atoms with van der Waals surface area (Å²) in [6.07, 6.45) is 21.9. The van der Waals surface area contributed by atoms with E-state index in [2.05, 4.69) is 40.0 Å². The van der Waals surface area contributed by atoms with Crippen molar-refractivity contribution in [3.63, 3.8) is 0 Å². The average Bonchev–Trinajstić information content (AvgIpc) is 3.00. The van der Waals surface area contributed by atoms with Gasteiger partial charge >= 0.3 is 11.9 Å². The van der Waals surface area contributed by atoms with Crippen molar-refractivity contribution in [2.45, 2.75) is 141 Å². The summed E-state index contributed by atoms with van der Waals surface area (Å²) in [5, 5.41) is 39.6. The van der Waals surface area contributed by atoms with E-state index < -0.39 is 17.9 Å². The number of nitrogens with zero attached hydrogens (tertiary/aromatic N) is 1. The van der Waals surface area contributed by atoms with Crippen LogP contribution in [0.3, 0.4) is 0 Å². The van der Waals surface area contributed by atoms with Crippen LogP contribution in [0.2, 0.25) is 0 Å². The molecule has 48 heavy (non-hydrogen) atoms. The Kier molecular flexibility index (Phi) is 37.3. The van der Waals surface area contributed by atoms with Crippen molar-refractivity contribution in [1.82, 2.24) is 26.2 Å². The molecule has 1 heterocycles. The standard InChI is InChI=1S/C33H68N6O4.C2H3O2.Gd/c1-2-3-4-5-6-7-8-9-10-11-12-13-14-15-16-17-21-39(22-18-34)28-31-27-38-30(24-33(42)43)26-37-29(23-32(40)41)25-35-19-20-36-31;1-2(3)4;/h29-31,35-38H,2-28,34H2,1H3,(H,40,41)(H,42,43);1H2,(H,3,4);/q;-1;. The first-order valence-electron chi connectivity index (χ1n) is 18.5. The summed E-state index contributed by atoms with van der Waals surface area (Å²) in [6.45, 7) is 11.3. The van der Waals surface area contributed by atoms with Gasteiger partial charge in [0.25, 0.3) is 0 Å². The Morgan fingerprint density at radius 2 is 1.06 bits per heavy atom. The maximum Gasteiger partial charge on any atom is 0.304 e. The third-order valence-corrected chi connectivity index (χ3v) is 8.53. The van der Waals surface area contributed by atoms with E-state index in [0.29, 0.717) is 26.2 Å². The molecule has 1 saturated heterocycles. The molecule has 286 valence electrons. The van der Waals surface area contributed by atoms with Crippen molar-refractivity contribution in [3.05, 3.63) is 6.92 Å². The number of rotatable bonds is 25. The van der Waals surface area contributed by atoms with Gasteiger partial charge in [-0.2, -0.15) is 0 Å². The van der Waals surface area contributed by atoms with Gasteiger partial charge in [0.1, 0.15) is 0 Å². The molecule has 0 spiro atoms. The second-order valence-corrected chi connectivity index (χ2v) is 13.0. The molecule has 3 atom stereocenters. The molecule has 0 aromatic carbocycles. The third-order valence-electron chi connectivity index (χ3n) is 8.53. The smallest absolute Gasteiger partial charge is 0.304 e. The molecular weight excluding hydrogens is 758 g/mol. The van der Waals surface area contributed by atoms with Crippen LogP contribution in [-0.4, -0.2) is 115 Å². The third kappa shape index (κ3) is 35.2. The van der Waals surface area contributed by atoms with E-state index in [4.69, 9.17) is 15.6 Å². The minimum absolute atomic E-state index is 0. The van der Waals surface area contributed by atoms with E-state index in [1.54, 1.807) is 0 Å². The number of unbranched alkanes of at least 4 members (excludes halogenated alkanes) is 15. The van der Waals surface area contributed by atoms with E-state index in [1.165, 1.54) is 103 Å². The molecule has 0 aromatic rings. The van der Waals surface area contributed by atoms with Gasteiger partial charge in [0.05, 0.1) is 12.8 Å². The van der Waals surface area contributed by atoms with Gasteiger partial charge in [-0.1, -0.05) is 103 Å². The molecule has 0 saturated carbocycles. The fraction of sp³-hybridized carbons (Fsp3) is 0.886. The Bertz CT molecular complexity index is 765. The first kappa shape index (κ1) is 49.5. The minimum atomic E-state index is -1.08. The fourth-order valence-corrected chi connectivity index (χ4v) is 5.99. The van der Waals surface area contributed by atoms with Crippen LogP contribution < -0.4 is 27.0 Å². The van der Waals surface area contributed by atoms with Gasteiger partial charge in [-0.3, -0.25) is 21.3 Å². The zero-order valence-electron chi connectivity index (χ0n) is 30.0. The van der Waals surface area contributed by atoms with Gasteiger partial charge in [0.15, 0.2) is 5.97 Å². The summed E-state index contributed by atoms with van der Waals surface area (Å²) in [7, 11) is 0. The summed E-state index contributed by atoms with van der Waals surface area (Å²) < 4.78 is 0. The fourth-order valence-electron chi connectivity index (χ4n) is 5.99. The monoisotopic (exact) mass is 829 g/mol. The van der Waals surface area contributed by atoms with Gasteiger partial charge in [0, 0.05) is 110 Å². The number of carboxylic acid groups (broad SMARTS) is 3. The second kappa shape index (κ2) is 36.2. The van der Waals surface area contributed by atoms with Gasteiger partial charge < -0.3 is 47.2 Å². The van der Waals surface area contributed by atoms with E-state index in [-0.39, 0.29) is 70.9 Å². The summed E-state index contributed by atoms with van der Waals surface area (Å²) in [4.78, 5) is 34.0. The first-order chi connectivity index (χ1) is 22.7. The quantitative estimate of drug-likeness (QED) is 0.0492. The van der Waals surface area contributed by atoms with Gasteiger partial charge in [0.2, 0.25) is 0 Å².